The zero-order valence-electron chi connectivity index (χ0n) is 9.79. The van der Waals surface area contributed by atoms with Crippen LogP contribution >= 0.6 is 39.1 Å². The van der Waals surface area contributed by atoms with Crippen molar-refractivity contribution in [1.82, 2.24) is 4.72 Å². The van der Waals surface area contributed by atoms with Crippen LogP contribution in [0.1, 0.15) is 19.8 Å². The normalized spacial score (nSPS) is 13.6. The number of hydrogen-bond acceptors (Lipinski definition) is 2. The highest BCUT2D eigenvalue weighted by atomic mass is 79.9. The Morgan fingerprint density at radius 1 is 1.28 bits per heavy atom. The summed E-state index contributed by atoms with van der Waals surface area (Å²) in [6.45, 7) is 1.83. The zero-order chi connectivity index (χ0) is 13.8. The average molecular weight is 375 g/mol. The molecule has 1 aromatic rings. The van der Waals surface area contributed by atoms with Gasteiger partial charge in [-0.05, 0) is 38.0 Å². The molecule has 0 aliphatic carbocycles. The number of halogens is 3. The number of sulfonamides is 1. The van der Waals surface area contributed by atoms with E-state index in [4.69, 9.17) is 23.2 Å². The lowest BCUT2D eigenvalue weighted by Gasteiger charge is -2.14. The van der Waals surface area contributed by atoms with Crippen molar-refractivity contribution in [1.29, 1.82) is 0 Å². The Morgan fingerprint density at radius 3 is 2.33 bits per heavy atom. The Kier molecular flexibility index (Phi) is 6.41. The summed E-state index contributed by atoms with van der Waals surface area (Å²) in [5.41, 5.74) is 0. The Labute approximate surface area is 126 Å². The lowest BCUT2D eigenvalue weighted by Crippen LogP contribution is -2.32. The summed E-state index contributed by atoms with van der Waals surface area (Å²) in [6.07, 6.45) is 1.67. The first-order valence-corrected chi connectivity index (χ1v) is 8.75. The largest absolute Gasteiger partial charge is 0.240 e. The van der Waals surface area contributed by atoms with Gasteiger partial charge in [-0.2, -0.15) is 0 Å². The van der Waals surface area contributed by atoms with Crippen molar-refractivity contribution in [2.24, 2.45) is 0 Å². The molecule has 1 unspecified atom stereocenters. The molecule has 0 aromatic heterocycles. The van der Waals surface area contributed by atoms with Crippen LogP contribution in [0.15, 0.2) is 23.1 Å². The molecule has 1 N–H and O–H groups in total. The van der Waals surface area contributed by atoms with Crippen LogP contribution in [-0.2, 0) is 10.0 Å². The summed E-state index contributed by atoms with van der Waals surface area (Å²) < 4.78 is 26.7. The van der Waals surface area contributed by atoms with Crippen LogP contribution in [0.25, 0.3) is 0 Å². The van der Waals surface area contributed by atoms with Gasteiger partial charge in [-0.15, -0.1) is 0 Å². The van der Waals surface area contributed by atoms with Crippen LogP contribution in [-0.4, -0.2) is 19.8 Å². The van der Waals surface area contributed by atoms with Crippen LogP contribution in [0, 0.1) is 0 Å². The summed E-state index contributed by atoms with van der Waals surface area (Å²) >= 11 is 14.9. The van der Waals surface area contributed by atoms with Crippen molar-refractivity contribution in [3.8, 4) is 0 Å². The summed E-state index contributed by atoms with van der Waals surface area (Å²) in [6, 6.07) is 4.13. The van der Waals surface area contributed by atoms with Gasteiger partial charge in [0.05, 0.1) is 4.90 Å². The van der Waals surface area contributed by atoms with Gasteiger partial charge in [0.15, 0.2) is 0 Å². The molecule has 0 spiro atoms. The molecule has 102 valence electrons. The molecule has 7 heteroatoms. The quantitative estimate of drug-likeness (QED) is 0.769. The van der Waals surface area contributed by atoms with Gasteiger partial charge in [0, 0.05) is 21.4 Å². The minimum atomic E-state index is -3.57. The van der Waals surface area contributed by atoms with Gasteiger partial charge < -0.3 is 0 Å². The molecule has 0 saturated heterocycles. The number of hydrogen-bond donors (Lipinski definition) is 1. The van der Waals surface area contributed by atoms with Gasteiger partial charge in [0.25, 0.3) is 0 Å². The smallest absolute Gasteiger partial charge is 0.208 e. The SMILES string of the molecule is CC(CCCBr)NS(=O)(=O)c1cc(Cl)cc(Cl)c1. The maximum Gasteiger partial charge on any atom is 0.240 e. The van der Waals surface area contributed by atoms with Crippen LogP contribution in [0.3, 0.4) is 0 Å². The molecular formula is C11H14BrCl2NO2S. The highest BCUT2D eigenvalue weighted by molar-refractivity contribution is 9.09. The van der Waals surface area contributed by atoms with Crippen LogP contribution in [0.2, 0.25) is 10.0 Å². The molecule has 0 amide bonds. The first-order chi connectivity index (χ1) is 8.35. The molecule has 18 heavy (non-hydrogen) atoms. The first kappa shape index (κ1) is 16.2. The molecule has 0 fully saturated rings. The van der Waals surface area contributed by atoms with Gasteiger partial charge >= 0.3 is 0 Å². The summed E-state index contributed by atoms with van der Waals surface area (Å²) in [5, 5.41) is 1.45. The second-order valence-electron chi connectivity index (χ2n) is 3.96. The molecule has 0 aliphatic rings. The van der Waals surface area contributed by atoms with Crippen LogP contribution < -0.4 is 4.72 Å². The van der Waals surface area contributed by atoms with Crippen molar-refractivity contribution in [2.75, 3.05) is 5.33 Å². The van der Waals surface area contributed by atoms with E-state index >= 15 is 0 Å². The molecule has 0 heterocycles. The monoisotopic (exact) mass is 373 g/mol. The van der Waals surface area contributed by atoms with Gasteiger partial charge in [0.1, 0.15) is 0 Å². The van der Waals surface area contributed by atoms with E-state index in [0.717, 1.165) is 18.2 Å². The van der Waals surface area contributed by atoms with Crippen LogP contribution in [0.4, 0.5) is 0 Å². The van der Waals surface area contributed by atoms with Gasteiger partial charge in [0.2, 0.25) is 10.0 Å². The van der Waals surface area contributed by atoms with Crippen molar-refractivity contribution < 1.29 is 8.42 Å². The predicted molar refractivity (Wildman–Crippen MR) is 79.3 cm³/mol. The number of rotatable bonds is 6. The van der Waals surface area contributed by atoms with Crippen molar-refractivity contribution in [3.05, 3.63) is 28.2 Å². The van der Waals surface area contributed by atoms with E-state index in [1.54, 1.807) is 0 Å². The Bertz CT molecular complexity index is 488. The Hall–Kier alpha value is 0.190. The number of benzene rings is 1. The highest BCUT2D eigenvalue weighted by Crippen LogP contribution is 2.22. The second-order valence-corrected chi connectivity index (χ2v) is 7.34. The maximum atomic E-state index is 12.1. The number of alkyl halides is 1. The Morgan fingerprint density at radius 2 is 1.83 bits per heavy atom. The third kappa shape index (κ3) is 5.05. The molecule has 3 nitrogen and oxygen atoms in total. The minimum Gasteiger partial charge on any atom is -0.208 e. The predicted octanol–water partition coefficient (Wildman–Crippen LogP) is 3.84. The fraction of sp³-hybridized carbons (Fsp3) is 0.455. The van der Waals surface area contributed by atoms with Crippen molar-refractivity contribution in [3.63, 3.8) is 0 Å². The molecular weight excluding hydrogens is 361 g/mol. The average Bonchev–Trinajstić information content (AvgIpc) is 2.24. The minimum absolute atomic E-state index is 0.0886. The maximum absolute atomic E-state index is 12.1. The van der Waals surface area contributed by atoms with Gasteiger partial charge in [-0.25, -0.2) is 13.1 Å². The summed E-state index contributed by atoms with van der Waals surface area (Å²) in [7, 11) is -3.57. The van der Waals surface area contributed by atoms with E-state index in [2.05, 4.69) is 20.7 Å². The topological polar surface area (TPSA) is 46.2 Å². The molecule has 0 radical (unpaired) electrons. The second kappa shape index (κ2) is 7.10. The van der Waals surface area contributed by atoms with E-state index in [-0.39, 0.29) is 10.9 Å². The standard InChI is InChI=1S/C11H14BrCl2NO2S/c1-8(3-2-4-12)15-18(16,17)11-6-9(13)5-10(14)7-11/h5-8,15H,2-4H2,1H3. The molecule has 0 bridgehead atoms. The molecule has 0 saturated carbocycles. The molecule has 1 aromatic carbocycles. The number of nitrogens with one attached hydrogen (secondary N) is 1. The van der Waals surface area contributed by atoms with Gasteiger partial charge in [-0.3, -0.25) is 0 Å². The lowest BCUT2D eigenvalue weighted by molar-refractivity contribution is 0.545. The zero-order valence-corrected chi connectivity index (χ0v) is 13.7. The van der Waals surface area contributed by atoms with E-state index < -0.39 is 10.0 Å². The summed E-state index contributed by atoms with van der Waals surface area (Å²) in [5.74, 6) is 0. The molecule has 0 aliphatic heterocycles. The molecule has 1 atom stereocenters. The molecule has 1 rings (SSSR count). The Balaban J connectivity index is 2.86. The van der Waals surface area contributed by atoms with E-state index in [0.29, 0.717) is 10.0 Å². The van der Waals surface area contributed by atoms with E-state index in [1.165, 1.54) is 18.2 Å². The lowest BCUT2D eigenvalue weighted by atomic mass is 10.2. The van der Waals surface area contributed by atoms with Crippen molar-refractivity contribution >= 4 is 49.2 Å². The third-order valence-corrected chi connectivity index (χ3v) is 4.84. The fourth-order valence-corrected chi connectivity index (χ4v) is 3.79. The van der Waals surface area contributed by atoms with Crippen molar-refractivity contribution in [2.45, 2.75) is 30.7 Å². The third-order valence-electron chi connectivity index (χ3n) is 2.27. The van der Waals surface area contributed by atoms with E-state index in [9.17, 15) is 8.42 Å². The van der Waals surface area contributed by atoms with Gasteiger partial charge in [-0.1, -0.05) is 39.1 Å². The highest BCUT2D eigenvalue weighted by Gasteiger charge is 2.18. The first-order valence-electron chi connectivity index (χ1n) is 5.39. The van der Waals surface area contributed by atoms with Crippen LogP contribution in [0.5, 0.6) is 0 Å². The fourth-order valence-electron chi connectivity index (χ4n) is 1.46. The summed E-state index contributed by atoms with van der Waals surface area (Å²) in [4.78, 5) is 0.0886. The van der Waals surface area contributed by atoms with E-state index in [1.807, 2.05) is 6.92 Å².